The van der Waals surface area contributed by atoms with Gasteiger partial charge < -0.3 is 15.0 Å². The third kappa shape index (κ3) is 6.58. The summed E-state index contributed by atoms with van der Waals surface area (Å²) >= 11 is 0. The molecule has 2 aromatic heterocycles. The third-order valence-corrected chi connectivity index (χ3v) is 7.68. The first-order chi connectivity index (χ1) is 17.7. The number of carbonyl (C=O) groups excluding carboxylic acids is 2. The van der Waals surface area contributed by atoms with Crippen molar-refractivity contribution in [1.82, 2.24) is 24.8 Å². The molecular weight excluding hydrogens is 499 g/mol. The van der Waals surface area contributed by atoms with E-state index in [0.29, 0.717) is 31.6 Å². The molecule has 0 spiro atoms. The molecule has 38 heavy (non-hydrogen) atoms. The van der Waals surface area contributed by atoms with Crippen molar-refractivity contribution < 1.29 is 27.5 Å². The molecule has 11 heteroatoms. The van der Waals surface area contributed by atoms with Crippen LogP contribution in [0.15, 0.2) is 12.1 Å². The van der Waals surface area contributed by atoms with Gasteiger partial charge in [0.25, 0.3) is 0 Å². The summed E-state index contributed by atoms with van der Waals surface area (Å²) in [4.78, 5) is 31.3. The smallest absolute Gasteiger partial charge is 0.408 e. The molecular formula is C27H38F3N5O3. The first-order valence-corrected chi connectivity index (χ1v) is 13.4. The molecule has 210 valence electrons. The summed E-state index contributed by atoms with van der Waals surface area (Å²) in [5.41, 5.74) is 2.57. The van der Waals surface area contributed by atoms with E-state index in [9.17, 15) is 22.8 Å². The lowest BCUT2D eigenvalue weighted by Gasteiger charge is -2.37. The van der Waals surface area contributed by atoms with Crippen LogP contribution in [0.5, 0.6) is 0 Å². The number of nitrogens with one attached hydrogen (secondary N) is 1. The summed E-state index contributed by atoms with van der Waals surface area (Å²) in [6.07, 6.45) is -2.83. The van der Waals surface area contributed by atoms with Crippen LogP contribution in [0.2, 0.25) is 0 Å². The Labute approximate surface area is 221 Å². The fourth-order valence-electron chi connectivity index (χ4n) is 5.58. The van der Waals surface area contributed by atoms with Crippen molar-refractivity contribution >= 4 is 17.6 Å². The van der Waals surface area contributed by atoms with Gasteiger partial charge in [0.15, 0.2) is 5.65 Å². The molecule has 2 fully saturated rings. The second-order valence-corrected chi connectivity index (χ2v) is 11.8. The quantitative estimate of drug-likeness (QED) is 0.568. The standard InChI is InChI=1S/C27H38F3N5O3/c1-16-10-11-34(24(36)14-31-25(37)38-26(3,4)5)15-20(16)22-12-17(2)32-23-13-21(33-35(22)23)18-6-8-19(9-7-18)27(28,29)30/h12-13,16,18-20H,6-11,14-15H2,1-5H3,(H,31,37)/t16-,18-,19-,20-/m0/s1. The number of hydrogen-bond acceptors (Lipinski definition) is 5. The molecule has 1 aliphatic carbocycles. The van der Waals surface area contributed by atoms with E-state index in [1.807, 2.05) is 23.6 Å². The van der Waals surface area contributed by atoms with Gasteiger partial charge in [0, 0.05) is 36.7 Å². The molecule has 2 aliphatic rings. The maximum Gasteiger partial charge on any atom is 0.408 e. The largest absolute Gasteiger partial charge is 0.444 e. The first-order valence-electron chi connectivity index (χ1n) is 13.4. The molecule has 1 saturated heterocycles. The molecule has 1 saturated carbocycles. The van der Waals surface area contributed by atoms with Gasteiger partial charge in [0.05, 0.1) is 17.3 Å². The van der Waals surface area contributed by atoms with E-state index in [4.69, 9.17) is 9.84 Å². The Bertz CT molecular complexity index is 1170. The number of hydrogen-bond donors (Lipinski definition) is 1. The summed E-state index contributed by atoms with van der Waals surface area (Å²) in [6, 6.07) is 3.88. The van der Waals surface area contributed by atoms with Gasteiger partial charge in [-0.1, -0.05) is 6.92 Å². The Hall–Kier alpha value is -2.85. The number of ether oxygens (including phenoxy) is 1. The Morgan fingerprint density at radius 2 is 1.79 bits per heavy atom. The maximum atomic E-state index is 13.1. The molecule has 0 radical (unpaired) electrons. The van der Waals surface area contributed by atoms with E-state index < -0.39 is 23.8 Å². The summed E-state index contributed by atoms with van der Waals surface area (Å²) in [5, 5.41) is 7.38. The Balaban J connectivity index is 1.49. The lowest BCUT2D eigenvalue weighted by Crippen LogP contribution is -2.47. The van der Waals surface area contributed by atoms with Gasteiger partial charge in [-0.05, 0) is 71.8 Å². The summed E-state index contributed by atoms with van der Waals surface area (Å²) in [6.45, 7) is 10.3. The number of rotatable bonds is 4. The molecule has 1 aliphatic heterocycles. The van der Waals surface area contributed by atoms with Crippen LogP contribution in [0.3, 0.4) is 0 Å². The number of piperidine rings is 1. The molecule has 2 atom stereocenters. The van der Waals surface area contributed by atoms with Crippen LogP contribution >= 0.6 is 0 Å². The number of halogens is 3. The van der Waals surface area contributed by atoms with E-state index >= 15 is 0 Å². The highest BCUT2D eigenvalue weighted by molar-refractivity contribution is 5.82. The predicted octanol–water partition coefficient (Wildman–Crippen LogP) is 5.35. The second-order valence-electron chi connectivity index (χ2n) is 11.8. The van der Waals surface area contributed by atoms with Crippen molar-refractivity contribution in [3.63, 3.8) is 0 Å². The minimum Gasteiger partial charge on any atom is -0.444 e. The Morgan fingerprint density at radius 1 is 1.11 bits per heavy atom. The van der Waals surface area contributed by atoms with E-state index in [2.05, 4.69) is 17.2 Å². The first kappa shape index (κ1) is 28.2. The molecule has 3 heterocycles. The number of alkyl halides is 3. The number of amides is 2. The van der Waals surface area contributed by atoms with Crippen LogP contribution in [0, 0.1) is 18.8 Å². The SMILES string of the molecule is Cc1cc([C@H]2CN(C(=O)CNC(=O)OC(C)(C)C)CC[C@@H]2C)n2nc([C@H]3CC[C@H](C(F)(F)F)CC3)cc2n1. The highest BCUT2D eigenvalue weighted by Crippen LogP contribution is 2.43. The average Bonchev–Trinajstić information content (AvgIpc) is 3.25. The number of nitrogens with zero attached hydrogens (tertiary/aromatic N) is 4. The van der Waals surface area contributed by atoms with Crippen LogP contribution in [-0.4, -0.2) is 62.9 Å². The fourth-order valence-corrected chi connectivity index (χ4v) is 5.58. The number of aromatic nitrogens is 3. The zero-order chi connectivity index (χ0) is 27.8. The fraction of sp³-hybridized carbons (Fsp3) is 0.704. The van der Waals surface area contributed by atoms with Crippen LogP contribution in [-0.2, 0) is 9.53 Å². The van der Waals surface area contributed by atoms with Crippen LogP contribution in [0.1, 0.15) is 88.7 Å². The zero-order valence-corrected chi connectivity index (χ0v) is 22.8. The number of alkyl carbamates (subject to hydrolysis) is 1. The lowest BCUT2D eigenvalue weighted by molar-refractivity contribution is -0.182. The van der Waals surface area contributed by atoms with Gasteiger partial charge in [-0.3, -0.25) is 4.79 Å². The van der Waals surface area contributed by atoms with Crippen molar-refractivity contribution in [2.24, 2.45) is 11.8 Å². The molecule has 0 aromatic carbocycles. The highest BCUT2D eigenvalue weighted by Gasteiger charge is 2.42. The zero-order valence-electron chi connectivity index (χ0n) is 22.8. The molecule has 4 rings (SSSR count). The van der Waals surface area contributed by atoms with Crippen LogP contribution < -0.4 is 5.32 Å². The molecule has 8 nitrogen and oxygen atoms in total. The highest BCUT2D eigenvalue weighted by atomic mass is 19.4. The Morgan fingerprint density at radius 3 is 2.42 bits per heavy atom. The van der Waals surface area contributed by atoms with Gasteiger partial charge in [-0.2, -0.15) is 18.3 Å². The van der Waals surface area contributed by atoms with Gasteiger partial charge in [0.1, 0.15) is 12.1 Å². The normalized spacial score (nSPS) is 24.9. The lowest BCUT2D eigenvalue weighted by atomic mass is 9.80. The minimum absolute atomic E-state index is 0.00728. The van der Waals surface area contributed by atoms with Crippen LogP contribution in [0.25, 0.3) is 5.65 Å². The minimum atomic E-state index is -4.14. The molecule has 2 amide bonds. The number of fused-ring (bicyclic) bond motifs is 1. The van der Waals surface area contributed by atoms with Gasteiger partial charge in [0.2, 0.25) is 5.91 Å². The van der Waals surface area contributed by atoms with E-state index in [0.717, 1.165) is 23.5 Å². The summed E-state index contributed by atoms with van der Waals surface area (Å²) < 4.78 is 46.4. The number of carbonyl (C=O) groups is 2. The van der Waals surface area contributed by atoms with Crippen molar-refractivity contribution in [2.75, 3.05) is 19.6 Å². The van der Waals surface area contributed by atoms with E-state index in [1.165, 1.54) is 0 Å². The second kappa shape index (κ2) is 10.7. The third-order valence-electron chi connectivity index (χ3n) is 7.68. The number of aryl methyl sites for hydroxylation is 1. The van der Waals surface area contributed by atoms with E-state index in [-0.39, 0.29) is 43.0 Å². The predicted molar refractivity (Wildman–Crippen MR) is 136 cm³/mol. The van der Waals surface area contributed by atoms with Crippen molar-refractivity contribution in [3.05, 3.63) is 29.2 Å². The molecule has 1 N–H and O–H groups in total. The summed E-state index contributed by atoms with van der Waals surface area (Å²) in [7, 11) is 0. The monoisotopic (exact) mass is 537 g/mol. The average molecular weight is 538 g/mol. The van der Waals surface area contributed by atoms with Crippen molar-refractivity contribution in [3.8, 4) is 0 Å². The van der Waals surface area contributed by atoms with Crippen molar-refractivity contribution in [1.29, 1.82) is 0 Å². The molecule has 0 bridgehead atoms. The van der Waals surface area contributed by atoms with Crippen molar-refractivity contribution in [2.45, 2.75) is 90.3 Å². The molecule has 0 unspecified atom stereocenters. The number of likely N-dealkylation sites (tertiary alicyclic amines) is 1. The Kier molecular flexibility index (Phi) is 7.95. The van der Waals surface area contributed by atoms with E-state index in [1.54, 1.807) is 25.7 Å². The molecule has 2 aromatic rings. The maximum absolute atomic E-state index is 13.1. The topological polar surface area (TPSA) is 88.8 Å². The van der Waals surface area contributed by atoms with Gasteiger partial charge >= 0.3 is 12.3 Å². The van der Waals surface area contributed by atoms with Gasteiger partial charge in [-0.15, -0.1) is 0 Å². The van der Waals surface area contributed by atoms with Crippen LogP contribution in [0.4, 0.5) is 18.0 Å². The summed E-state index contributed by atoms with van der Waals surface area (Å²) in [5.74, 6) is -1.17. The van der Waals surface area contributed by atoms with Gasteiger partial charge in [-0.25, -0.2) is 14.3 Å².